The van der Waals surface area contributed by atoms with Gasteiger partial charge in [0, 0.05) is 18.7 Å². The minimum absolute atomic E-state index is 0.0804. The number of hydrogen-bond acceptors (Lipinski definition) is 6. The highest BCUT2D eigenvalue weighted by Crippen LogP contribution is 2.20. The number of benzene rings is 1. The summed E-state index contributed by atoms with van der Waals surface area (Å²) in [6, 6.07) is 7.42. The average Bonchev–Trinajstić information content (AvgIpc) is 2.96. The molecule has 0 atom stereocenters. The summed E-state index contributed by atoms with van der Waals surface area (Å²) < 4.78 is 10.4. The van der Waals surface area contributed by atoms with Crippen molar-refractivity contribution in [2.45, 2.75) is 6.54 Å². The Bertz CT molecular complexity index is 566. The van der Waals surface area contributed by atoms with Crippen LogP contribution in [0.1, 0.15) is 5.82 Å². The first-order chi connectivity index (χ1) is 10.3. The van der Waals surface area contributed by atoms with Crippen molar-refractivity contribution in [2.75, 3.05) is 26.8 Å². The molecule has 0 aliphatic carbocycles. The second-order valence-electron chi connectivity index (χ2n) is 4.49. The van der Waals surface area contributed by atoms with E-state index >= 15 is 0 Å². The number of methoxy groups -OCH3 is 1. The number of nitrogens with zero attached hydrogens (tertiary/aromatic N) is 3. The van der Waals surface area contributed by atoms with Gasteiger partial charge in [0.1, 0.15) is 5.75 Å². The quantitative estimate of drug-likeness (QED) is 0.746. The minimum Gasteiger partial charge on any atom is -0.497 e. The lowest BCUT2D eigenvalue weighted by Gasteiger charge is -2.16. The van der Waals surface area contributed by atoms with Crippen molar-refractivity contribution in [3.8, 4) is 17.2 Å². The lowest BCUT2D eigenvalue weighted by Crippen LogP contribution is -2.27. The van der Waals surface area contributed by atoms with Crippen LogP contribution in [0.2, 0.25) is 0 Å². The summed E-state index contributed by atoms with van der Waals surface area (Å²) in [5, 5.41) is 13.0. The van der Waals surface area contributed by atoms with E-state index < -0.39 is 0 Å². The number of hydrogen-bond donors (Lipinski definition) is 1. The molecule has 0 spiro atoms. The highest BCUT2D eigenvalue weighted by molar-refractivity contribution is 5.54. The van der Waals surface area contributed by atoms with Gasteiger partial charge in [0.15, 0.2) is 5.82 Å². The average molecular weight is 289 g/mol. The fraction of sp³-hybridized carbons (Fsp3) is 0.333. The van der Waals surface area contributed by atoms with Crippen molar-refractivity contribution in [1.29, 1.82) is 0 Å². The van der Waals surface area contributed by atoms with Gasteiger partial charge >= 0.3 is 0 Å². The van der Waals surface area contributed by atoms with Gasteiger partial charge in [0.05, 0.1) is 20.3 Å². The van der Waals surface area contributed by atoms with Crippen LogP contribution in [0.25, 0.3) is 11.5 Å². The molecular formula is C15H19N3O3. The van der Waals surface area contributed by atoms with E-state index in [4.69, 9.17) is 14.4 Å². The number of rotatable bonds is 8. The zero-order valence-electron chi connectivity index (χ0n) is 12.0. The maximum Gasteiger partial charge on any atom is 0.257 e. The number of aliphatic hydroxyl groups excluding tert-OH is 1. The predicted molar refractivity (Wildman–Crippen MR) is 78.8 cm³/mol. The summed E-state index contributed by atoms with van der Waals surface area (Å²) >= 11 is 0. The number of ether oxygens (including phenoxy) is 1. The monoisotopic (exact) mass is 289 g/mol. The first-order valence-corrected chi connectivity index (χ1v) is 6.68. The molecule has 6 heteroatoms. The normalized spacial score (nSPS) is 10.8. The molecule has 0 aliphatic rings. The lowest BCUT2D eigenvalue weighted by molar-refractivity contribution is 0.199. The summed E-state index contributed by atoms with van der Waals surface area (Å²) in [5.41, 5.74) is 0.840. The topological polar surface area (TPSA) is 71.6 Å². The Morgan fingerprint density at radius 1 is 1.38 bits per heavy atom. The summed E-state index contributed by atoms with van der Waals surface area (Å²) in [4.78, 5) is 6.35. The van der Waals surface area contributed by atoms with E-state index in [1.807, 2.05) is 29.2 Å². The molecule has 0 aliphatic heterocycles. The molecule has 0 saturated heterocycles. The summed E-state index contributed by atoms with van der Waals surface area (Å²) in [7, 11) is 1.62. The van der Waals surface area contributed by atoms with Crippen molar-refractivity contribution in [1.82, 2.24) is 15.0 Å². The van der Waals surface area contributed by atoms with Gasteiger partial charge in [-0.3, -0.25) is 4.90 Å². The summed E-state index contributed by atoms with van der Waals surface area (Å²) in [6.07, 6.45) is 1.78. The molecule has 1 N–H and O–H groups in total. The van der Waals surface area contributed by atoms with Crippen molar-refractivity contribution < 1.29 is 14.4 Å². The third-order valence-electron chi connectivity index (χ3n) is 2.97. The zero-order chi connectivity index (χ0) is 15.1. The van der Waals surface area contributed by atoms with Gasteiger partial charge in [0.25, 0.3) is 5.89 Å². The standard InChI is InChI=1S/C15H19N3O3/c1-3-8-18(9-10-19)11-14-16-15(21-17-14)12-4-6-13(20-2)7-5-12/h3-7,19H,1,8-11H2,2H3. The molecule has 0 bridgehead atoms. The van der Waals surface area contributed by atoms with Gasteiger partial charge in [-0.25, -0.2) is 0 Å². The Hall–Kier alpha value is -2.18. The van der Waals surface area contributed by atoms with Gasteiger partial charge in [-0.05, 0) is 24.3 Å². The van der Waals surface area contributed by atoms with Gasteiger partial charge < -0.3 is 14.4 Å². The smallest absolute Gasteiger partial charge is 0.257 e. The molecule has 0 unspecified atom stereocenters. The van der Waals surface area contributed by atoms with Gasteiger partial charge in [-0.1, -0.05) is 11.2 Å². The maximum atomic E-state index is 9.02. The third kappa shape index (κ3) is 4.14. The molecule has 2 aromatic rings. The van der Waals surface area contributed by atoms with Crippen LogP contribution in [-0.4, -0.2) is 47.0 Å². The minimum atomic E-state index is 0.0804. The van der Waals surface area contributed by atoms with E-state index in [1.54, 1.807) is 13.2 Å². The van der Waals surface area contributed by atoms with Crippen LogP contribution in [0.15, 0.2) is 41.4 Å². The predicted octanol–water partition coefficient (Wildman–Crippen LogP) is 1.73. The molecule has 0 amide bonds. The molecule has 0 radical (unpaired) electrons. The van der Waals surface area contributed by atoms with E-state index in [-0.39, 0.29) is 6.61 Å². The lowest BCUT2D eigenvalue weighted by atomic mass is 10.2. The molecule has 0 fully saturated rings. The van der Waals surface area contributed by atoms with Crippen LogP contribution in [0.3, 0.4) is 0 Å². The van der Waals surface area contributed by atoms with Gasteiger partial charge in [0.2, 0.25) is 0 Å². The Morgan fingerprint density at radius 3 is 2.76 bits per heavy atom. The molecule has 6 nitrogen and oxygen atoms in total. The maximum absolute atomic E-state index is 9.02. The van der Waals surface area contributed by atoms with Crippen LogP contribution < -0.4 is 4.74 Å². The van der Waals surface area contributed by atoms with Crippen LogP contribution in [0.5, 0.6) is 5.75 Å². The van der Waals surface area contributed by atoms with E-state index in [1.165, 1.54) is 0 Å². The molecule has 1 aromatic heterocycles. The summed E-state index contributed by atoms with van der Waals surface area (Å²) in [6.45, 7) is 5.48. The first-order valence-electron chi connectivity index (χ1n) is 6.68. The van der Waals surface area contributed by atoms with Crippen LogP contribution in [0.4, 0.5) is 0 Å². The molecule has 1 heterocycles. The second kappa shape index (κ2) is 7.56. The van der Waals surface area contributed by atoms with E-state index in [0.29, 0.717) is 31.3 Å². The van der Waals surface area contributed by atoms with Crippen molar-refractivity contribution in [2.24, 2.45) is 0 Å². The summed E-state index contributed by atoms with van der Waals surface area (Å²) in [5.74, 6) is 1.82. The van der Waals surface area contributed by atoms with E-state index in [2.05, 4.69) is 16.7 Å². The molecule has 0 saturated carbocycles. The van der Waals surface area contributed by atoms with E-state index in [0.717, 1.165) is 11.3 Å². The fourth-order valence-corrected chi connectivity index (χ4v) is 1.93. The molecular weight excluding hydrogens is 270 g/mol. The van der Waals surface area contributed by atoms with Crippen LogP contribution in [-0.2, 0) is 6.54 Å². The SMILES string of the molecule is C=CCN(CCO)Cc1noc(-c2ccc(OC)cc2)n1. The van der Waals surface area contributed by atoms with Crippen LogP contribution >= 0.6 is 0 Å². The second-order valence-corrected chi connectivity index (χ2v) is 4.49. The zero-order valence-corrected chi connectivity index (χ0v) is 12.0. The molecule has 2 rings (SSSR count). The molecule has 112 valence electrons. The Balaban J connectivity index is 2.07. The fourth-order valence-electron chi connectivity index (χ4n) is 1.93. The van der Waals surface area contributed by atoms with Gasteiger partial charge in [-0.2, -0.15) is 4.98 Å². The Labute approximate surface area is 123 Å². The van der Waals surface area contributed by atoms with Crippen molar-refractivity contribution >= 4 is 0 Å². The highest BCUT2D eigenvalue weighted by Gasteiger charge is 2.12. The Morgan fingerprint density at radius 2 is 2.14 bits per heavy atom. The Kier molecular flexibility index (Phi) is 5.48. The van der Waals surface area contributed by atoms with Crippen LogP contribution in [0, 0.1) is 0 Å². The van der Waals surface area contributed by atoms with E-state index in [9.17, 15) is 0 Å². The highest BCUT2D eigenvalue weighted by atomic mass is 16.5. The van der Waals surface area contributed by atoms with Gasteiger partial charge in [-0.15, -0.1) is 6.58 Å². The third-order valence-corrected chi connectivity index (χ3v) is 2.97. The molecule has 21 heavy (non-hydrogen) atoms. The largest absolute Gasteiger partial charge is 0.497 e. The molecule has 1 aromatic carbocycles. The van der Waals surface area contributed by atoms with Crippen molar-refractivity contribution in [3.05, 3.63) is 42.7 Å². The number of aromatic nitrogens is 2. The number of aliphatic hydroxyl groups is 1. The van der Waals surface area contributed by atoms with Crippen molar-refractivity contribution in [3.63, 3.8) is 0 Å². The first kappa shape index (κ1) is 15.2.